The third kappa shape index (κ3) is 2.29. The molecule has 0 radical (unpaired) electrons. The van der Waals surface area contributed by atoms with Crippen LogP contribution in [0.4, 0.5) is 8.78 Å². The van der Waals surface area contributed by atoms with E-state index in [1.807, 2.05) is 0 Å². The van der Waals surface area contributed by atoms with Crippen molar-refractivity contribution in [2.75, 3.05) is 6.54 Å². The van der Waals surface area contributed by atoms with Crippen LogP contribution >= 0.6 is 11.6 Å². The van der Waals surface area contributed by atoms with Crippen LogP contribution in [0.2, 0.25) is 5.02 Å². The van der Waals surface area contributed by atoms with Crippen molar-refractivity contribution >= 4 is 11.6 Å². The lowest BCUT2D eigenvalue weighted by Gasteiger charge is -2.24. The van der Waals surface area contributed by atoms with Crippen molar-refractivity contribution in [3.05, 3.63) is 34.4 Å². The van der Waals surface area contributed by atoms with Gasteiger partial charge in [-0.1, -0.05) is 18.0 Å². The fourth-order valence-electron chi connectivity index (χ4n) is 1.91. The Hall–Kier alpha value is -0.670. The van der Waals surface area contributed by atoms with E-state index in [2.05, 4.69) is 5.32 Å². The molecule has 0 saturated carbocycles. The van der Waals surface area contributed by atoms with Gasteiger partial charge in [0.15, 0.2) is 11.6 Å². The Balaban J connectivity index is 2.27. The van der Waals surface area contributed by atoms with Crippen molar-refractivity contribution in [2.24, 2.45) is 0 Å². The Morgan fingerprint density at radius 2 is 2.07 bits per heavy atom. The van der Waals surface area contributed by atoms with Crippen LogP contribution in [0, 0.1) is 11.6 Å². The summed E-state index contributed by atoms with van der Waals surface area (Å²) in [6, 6.07) is 2.83. The summed E-state index contributed by atoms with van der Waals surface area (Å²) in [6.07, 6.45) is 3.18. The zero-order valence-electron chi connectivity index (χ0n) is 8.19. The minimum atomic E-state index is -0.962. The predicted octanol–water partition coefficient (Wildman–Crippen LogP) is 3.43. The highest BCUT2D eigenvalue weighted by Gasteiger charge is 2.18. The first-order valence-corrected chi connectivity index (χ1v) is 5.44. The lowest BCUT2D eigenvalue weighted by molar-refractivity contribution is 0.409. The van der Waals surface area contributed by atoms with Gasteiger partial charge in [-0.05, 0) is 37.1 Å². The van der Waals surface area contributed by atoms with Crippen LogP contribution in [0.15, 0.2) is 12.1 Å². The molecular weight excluding hydrogens is 220 g/mol. The van der Waals surface area contributed by atoms with E-state index < -0.39 is 11.6 Å². The van der Waals surface area contributed by atoms with Gasteiger partial charge in [0.1, 0.15) is 0 Å². The molecule has 1 N–H and O–H groups in total. The van der Waals surface area contributed by atoms with E-state index in [1.54, 1.807) is 0 Å². The summed E-state index contributed by atoms with van der Waals surface area (Å²) in [7, 11) is 0. The second-order valence-corrected chi connectivity index (χ2v) is 4.21. The van der Waals surface area contributed by atoms with Crippen molar-refractivity contribution in [3.8, 4) is 0 Å². The lowest BCUT2D eigenvalue weighted by atomic mass is 9.97. The van der Waals surface area contributed by atoms with Crippen LogP contribution in [0.1, 0.15) is 30.9 Å². The maximum absolute atomic E-state index is 13.1. The summed E-state index contributed by atoms with van der Waals surface area (Å²) in [6.45, 7) is 0.918. The Morgan fingerprint density at radius 1 is 1.27 bits per heavy atom. The molecule has 4 heteroatoms. The number of hydrogen-bond donors (Lipinski definition) is 1. The standard InChI is InChI=1S/C11H12ClF2N/c12-8-5-7(6-9(13)11(8)14)10-3-1-2-4-15-10/h5-6,10,15H,1-4H2. The minimum absolute atomic E-state index is 0.103. The molecule has 1 saturated heterocycles. The van der Waals surface area contributed by atoms with Crippen LogP contribution in [0.3, 0.4) is 0 Å². The van der Waals surface area contributed by atoms with E-state index in [0.29, 0.717) is 0 Å². The molecule has 0 bridgehead atoms. The van der Waals surface area contributed by atoms with Crippen molar-refractivity contribution in [2.45, 2.75) is 25.3 Å². The second-order valence-electron chi connectivity index (χ2n) is 3.80. The molecule has 15 heavy (non-hydrogen) atoms. The van der Waals surface area contributed by atoms with Crippen LogP contribution < -0.4 is 5.32 Å². The Kier molecular flexibility index (Phi) is 3.22. The number of benzene rings is 1. The molecule has 1 aromatic carbocycles. The monoisotopic (exact) mass is 231 g/mol. The zero-order valence-corrected chi connectivity index (χ0v) is 8.95. The van der Waals surface area contributed by atoms with Gasteiger partial charge in [0.05, 0.1) is 5.02 Å². The summed E-state index contributed by atoms with van der Waals surface area (Å²) in [5.41, 5.74) is 0.735. The first kappa shape index (κ1) is 10.8. The maximum atomic E-state index is 13.1. The van der Waals surface area contributed by atoms with Gasteiger partial charge >= 0.3 is 0 Å². The van der Waals surface area contributed by atoms with E-state index in [4.69, 9.17) is 11.6 Å². The molecule has 1 fully saturated rings. The third-order valence-corrected chi connectivity index (χ3v) is 2.99. The largest absolute Gasteiger partial charge is 0.310 e. The average Bonchev–Trinajstić information content (AvgIpc) is 2.26. The topological polar surface area (TPSA) is 12.0 Å². The summed E-state index contributed by atoms with van der Waals surface area (Å²) in [4.78, 5) is 0. The smallest absolute Gasteiger partial charge is 0.177 e. The number of halogens is 3. The molecule has 1 atom stereocenters. The molecule has 82 valence electrons. The quantitative estimate of drug-likeness (QED) is 0.731. The van der Waals surface area contributed by atoms with Crippen molar-refractivity contribution in [1.82, 2.24) is 5.32 Å². The van der Waals surface area contributed by atoms with Crippen LogP contribution in [0.25, 0.3) is 0 Å². The van der Waals surface area contributed by atoms with E-state index >= 15 is 0 Å². The predicted molar refractivity (Wildman–Crippen MR) is 56.0 cm³/mol. The van der Waals surface area contributed by atoms with Gasteiger partial charge in [0.2, 0.25) is 0 Å². The van der Waals surface area contributed by atoms with Gasteiger partial charge in [-0.2, -0.15) is 0 Å². The van der Waals surface area contributed by atoms with Crippen LogP contribution in [-0.4, -0.2) is 6.54 Å². The van der Waals surface area contributed by atoms with Crippen molar-refractivity contribution < 1.29 is 8.78 Å². The molecule has 0 aliphatic carbocycles. The summed E-state index contributed by atoms with van der Waals surface area (Å²) in [5, 5.41) is 3.12. The van der Waals surface area contributed by atoms with E-state index in [1.165, 1.54) is 12.1 Å². The normalized spacial score (nSPS) is 21.7. The maximum Gasteiger partial charge on any atom is 0.177 e. The molecule has 1 aliphatic heterocycles. The van der Waals surface area contributed by atoms with Crippen LogP contribution in [0.5, 0.6) is 0 Å². The van der Waals surface area contributed by atoms with E-state index in [0.717, 1.165) is 31.4 Å². The van der Waals surface area contributed by atoms with E-state index in [-0.39, 0.29) is 11.1 Å². The molecule has 0 spiro atoms. The van der Waals surface area contributed by atoms with Crippen molar-refractivity contribution in [1.29, 1.82) is 0 Å². The molecule has 2 rings (SSSR count). The highest BCUT2D eigenvalue weighted by atomic mass is 35.5. The van der Waals surface area contributed by atoms with Gasteiger partial charge in [-0.25, -0.2) is 8.78 Å². The molecule has 1 aliphatic rings. The Bertz CT molecular complexity index is 339. The molecule has 0 amide bonds. The zero-order chi connectivity index (χ0) is 10.8. The van der Waals surface area contributed by atoms with Crippen LogP contribution in [-0.2, 0) is 0 Å². The first-order valence-electron chi connectivity index (χ1n) is 5.06. The lowest BCUT2D eigenvalue weighted by Crippen LogP contribution is -2.26. The van der Waals surface area contributed by atoms with Gasteiger partial charge in [0.25, 0.3) is 0 Å². The number of hydrogen-bond acceptors (Lipinski definition) is 1. The minimum Gasteiger partial charge on any atom is -0.310 e. The number of piperidine rings is 1. The third-order valence-electron chi connectivity index (χ3n) is 2.72. The molecular formula is C11H12ClF2N. The Morgan fingerprint density at radius 3 is 2.67 bits per heavy atom. The summed E-state index contributed by atoms with van der Waals surface area (Å²) in [5.74, 6) is -1.83. The van der Waals surface area contributed by atoms with E-state index in [9.17, 15) is 8.78 Å². The summed E-state index contributed by atoms with van der Waals surface area (Å²) >= 11 is 5.60. The number of nitrogens with one attached hydrogen (secondary N) is 1. The second kappa shape index (κ2) is 4.45. The highest BCUT2D eigenvalue weighted by molar-refractivity contribution is 6.30. The molecule has 1 nitrogen and oxygen atoms in total. The van der Waals surface area contributed by atoms with Gasteiger partial charge in [-0.3, -0.25) is 0 Å². The fraction of sp³-hybridized carbons (Fsp3) is 0.455. The average molecular weight is 232 g/mol. The van der Waals surface area contributed by atoms with Crippen molar-refractivity contribution in [3.63, 3.8) is 0 Å². The van der Waals surface area contributed by atoms with Gasteiger partial charge in [-0.15, -0.1) is 0 Å². The molecule has 1 heterocycles. The molecule has 1 aromatic rings. The molecule has 1 unspecified atom stereocenters. The Labute approximate surface area is 92.4 Å². The summed E-state index contributed by atoms with van der Waals surface area (Å²) < 4.78 is 26.1. The molecule has 0 aromatic heterocycles. The van der Waals surface area contributed by atoms with Gasteiger partial charge < -0.3 is 5.32 Å². The SMILES string of the molecule is Fc1cc(C2CCCCN2)cc(Cl)c1F. The highest BCUT2D eigenvalue weighted by Crippen LogP contribution is 2.27. The fourth-order valence-corrected chi connectivity index (χ4v) is 2.13. The first-order chi connectivity index (χ1) is 7.18. The van der Waals surface area contributed by atoms with Gasteiger partial charge in [0, 0.05) is 6.04 Å². The number of rotatable bonds is 1.